The third kappa shape index (κ3) is 4.25. The molecule has 1 aliphatic heterocycles. The lowest BCUT2D eigenvalue weighted by Gasteiger charge is -2.38. The SMILES string of the molecule is CO[C@H]1CN(C(=O)Cn2ccnc2C)CC[C@@H]1Cc1cccc(F)c1. The standard InChI is InChI=1S/C19H24FN3O2/c1-14-21-7-9-22(14)13-19(24)23-8-6-16(18(12-23)25-2)10-15-4-3-5-17(20)11-15/h3-5,7,9,11,16,18H,6,8,10,12-13H2,1-2H3/t16-,18+/m1/s1. The molecule has 0 bridgehead atoms. The lowest BCUT2D eigenvalue weighted by molar-refractivity contribution is -0.137. The van der Waals surface area contributed by atoms with Gasteiger partial charge in [0, 0.05) is 32.6 Å². The van der Waals surface area contributed by atoms with Crippen LogP contribution in [0.25, 0.3) is 0 Å². The number of aryl methyl sites for hydroxylation is 1. The van der Waals surface area contributed by atoms with E-state index in [-0.39, 0.29) is 23.7 Å². The second kappa shape index (κ2) is 7.78. The zero-order chi connectivity index (χ0) is 17.8. The molecule has 1 fully saturated rings. The third-order valence-electron chi connectivity index (χ3n) is 4.97. The Morgan fingerprint density at radius 3 is 2.96 bits per heavy atom. The quantitative estimate of drug-likeness (QED) is 0.836. The van der Waals surface area contributed by atoms with E-state index in [1.54, 1.807) is 25.4 Å². The second-order valence-corrected chi connectivity index (χ2v) is 6.60. The molecule has 2 aromatic rings. The summed E-state index contributed by atoms with van der Waals surface area (Å²) in [5, 5.41) is 0. The van der Waals surface area contributed by atoms with Gasteiger partial charge in [-0.15, -0.1) is 0 Å². The number of likely N-dealkylation sites (tertiary alicyclic amines) is 1. The molecule has 1 amide bonds. The molecule has 134 valence electrons. The molecule has 0 saturated carbocycles. The van der Waals surface area contributed by atoms with Gasteiger partial charge in [0.2, 0.25) is 5.91 Å². The van der Waals surface area contributed by atoms with Gasteiger partial charge in [-0.05, 0) is 43.4 Å². The molecule has 2 atom stereocenters. The summed E-state index contributed by atoms with van der Waals surface area (Å²) in [6.07, 6.45) is 5.09. The van der Waals surface area contributed by atoms with E-state index in [0.717, 1.165) is 24.2 Å². The first-order chi connectivity index (χ1) is 12.1. The van der Waals surface area contributed by atoms with Crippen molar-refractivity contribution < 1.29 is 13.9 Å². The van der Waals surface area contributed by atoms with Gasteiger partial charge in [-0.3, -0.25) is 4.79 Å². The number of rotatable bonds is 5. The van der Waals surface area contributed by atoms with Gasteiger partial charge < -0.3 is 14.2 Å². The van der Waals surface area contributed by atoms with Gasteiger partial charge in [0.05, 0.1) is 6.10 Å². The van der Waals surface area contributed by atoms with Crippen LogP contribution in [0.1, 0.15) is 17.8 Å². The molecule has 6 heteroatoms. The summed E-state index contributed by atoms with van der Waals surface area (Å²) in [5.74, 6) is 0.977. The largest absolute Gasteiger partial charge is 0.379 e. The first-order valence-corrected chi connectivity index (χ1v) is 8.59. The molecule has 1 aromatic carbocycles. The molecule has 2 heterocycles. The van der Waals surface area contributed by atoms with Crippen LogP contribution in [0.4, 0.5) is 4.39 Å². The van der Waals surface area contributed by atoms with Crippen molar-refractivity contribution in [3.05, 3.63) is 53.9 Å². The maximum Gasteiger partial charge on any atom is 0.242 e. The molecule has 3 rings (SSSR count). The smallest absolute Gasteiger partial charge is 0.242 e. The van der Waals surface area contributed by atoms with Crippen molar-refractivity contribution in [2.24, 2.45) is 5.92 Å². The highest BCUT2D eigenvalue weighted by atomic mass is 19.1. The van der Waals surface area contributed by atoms with E-state index in [0.29, 0.717) is 19.6 Å². The van der Waals surface area contributed by atoms with Crippen LogP contribution in [0.5, 0.6) is 0 Å². The summed E-state index contributed by atoms with van der Waals surface area (Å²) in [7, 11) is 1.68. The predicted molar refractivity (Wildman–Crippen MR) is 92.6 cm³/mol. The summed E-state index contributed by atoms with van der Waals surface area (Å²) in [5.41, 5.74) is 0.973. The molecule has 0 N–H and O–H groups in total. The number of hydrogen-bond donors (Lipinski definition) is 0. The van der Waals surface area contributed by atoms with Gasteiger partial charge in [-0.1, -0.05) is 12.1 Å². The van der Waals surface area contributed by atoms with Crippen LogP contribution >= 0.6 is 0 Å². The third-order valence-corrected chi connectivity index (χ3v) is 4.97. The zero-order valence-electron chi connectivity index (χ0n) is 14.7. The molecule has 0 aliphatic carbocycles. The number of piperidine rings is 1. The van der Waals surface area contributed by atoms with Crippen LogP contribution in [0, 0.1) is 18.7 Å². The highest BCUT2D eigenvalue weighted by molar-refractivity contribution is 5.76. The van der Waals surface area contributed by atoms with Crippen molar-refractivity contribution >= 4 is 5.91 Å². The van der Waals surface area contributed by atoms with Gasteiger partial charge in [0.15, 0.2) is 0 Å². The molecule has 0 unspecified atom stereocenters. The zero-order valence-corrected chi connectivity index (χ0v) is 14.7. The van der Waals surface area contributed by atoms with Gasteiger partial charge in [0.1, 0.15) is 18.2 Å². The number of carbonyl (C=O) groups excluding carboxylic acids is 1. The fourth-order valence-corrected chi connectivity index (χ4v) is 3.48. The molecule has 5 nitrogen and oxygen atoms in total. The summed E-state index contributed by atoms with van der Waals surface area (Å²) >= 11 is 0. The molecule has 25 heavy (non-hydrogen) atoms. The number of amides is 1. The van der Waals surface area contributed by atoms with Gasteiger partial charge >= 0.3 is 0 Å². The number of ether oxygens (including phenoxy) is 1. The van der Waals surface area contributed by atoms with E-state index in [1.807, 2.05) is 28.7 Å². The summed E-state index contributed by atoms with van der Waals surface area (Å²) in [4.78, 5) is 18.6. The van der Waals surface area contributed by atoms with E-state index < -0.39 is 0 Å². The number of halogens is 1. The van der Waals surface area contributed by atoms with E-state index in [9.17, 15) is 9.18 Å². The molecular formula is C19H24FN3O2. The topological polar surface area (TPSA) is 47.4 Å². The Morgan fingerprint density at radius 2 is 2.28 bits per heavy atom. The Hall–Kier alpha value is -2.21. The minimum absolute atomic E-state index is 0.0372. The van der Waals surface area contributed by atoms with E-state index in [1.165, 1.54) is 6.07 Å². The van der Waals surface area contributed by atoms with Crippen molar-refractivity contribution in [2.75, 3.05) is 20.2 Å². The minimum atomic E-state index is -0.213. The second-order valence-electron chi connectivity index (χ2n) is 6.60. The van der Waals surface area contributed by atoms with Crippen LogP contribution in [-0.2, 0) is 22.5 Å². The van der Waals surface area contributed by atoms with Crippen molar-refractivity contribution in [2.45, 2.75) is 32.4 Å². The van der Waals surface area contributed by atoms with E-state index >= 15 is 0 Å². The number of aromatic nitrogens is 2. The summed E-state index contributed by atoms with van der Waals surface area (Å²) < 4.78 is 20.9. The number of benzene rings is 1. The van der Waals surface area contributed by atoms with Crippen molar-refractivity contribution in [3.8, 4) is 0 Å². The average Bonchev–Trinajstić information content (AvgIpc) is 3.00. The fraction of sp³-hybridized carbons (Fsp3) is 0.474. The highest BCUT2D eigenvalue weighted by Gasteiger charge is 2.31. The average molecular weight is 345 g/mol. The predicted octanol–water partition coefficient (Wildman–Crippen LogP) is 2.44. The first-order valence-electron chi connectivity index (χ1n) is 8.59. The first kappa shape index (κ1) is 17.6. The normalized spacial score (nSPS) is 20.7. The molecule has 1 saturated heterocycles. The Labute approximate surface area is 147 Å². The lowest BCUT2D eigenvalue weighted by atomic mass is 9.87. The van der Waals surface area contributed by atoms with Crippen LogP contribution in [0.15, 0.2) is 36.7 Å². The Balaban J connectivity index is 1.61. The molecule has 1 aliphatic rings. The maximum absolute atomic E-state index is 13.4. The summed E-state index contributed by atoms with van der Waals surface area (Å²) in [6.45, 7) is 3.46. The van der Waals surface area contributed by atoms with Crippen molar-refractivity contribution in [1.29, 1.82) is 0 Å². The highest BCUT2D eigenvalue weighted by Crippen LogP contribution is 2.25. The molecule has 1 aromatic heterocycles. The van der Waals surface area contributed by atoms with Crippen LogP contribution in [0.2, 0.25) is 0 Å². The van der Waals surface area contributed by atoms with E-state index in [4.69, 9.17) is 4.74 Å². The molecule has 0 radical (unpaired) electrons. The number of carbonyl (C=O) groups is 1. The fourth-order valence-electron chi connectivity index (χ4n) is 3.48. The van der Waals surface area contributed by atoms with Gasteiger partial charge in [-0.25, -0.2) is 9.37 Å². The Kier molecular flexibility index (Phi) is 5.48. The molecule has 0 spiro atoms. The monoisotopic (exact) mass is 345 g/mol. The number of methoxy groups -OCH3 is 1. The maximum atomic E-state index is 13.4. The van der Waals surface area contributed by atoms with Crippen molar-refractivity contribution in [3.63, 3.8) is 0 Å². The number of hydrogen-bond acceptors (Lipinski definition) is 3. The number of nitrogens with zero attached hydrogens (tertiary/aromatic N) is 3. The van der Waals surface area contributed by atoms with Gasteiger partial charge in [-0.2, -0.15) is 0 Å². The van der Waals surface area contributed by atoms with Crippen LogP contribution < -0.4 is 0 Å². The van der Waals surface area contributed by atoms with Gasteiger partial charge in [0.25, 0.3) is 0 Å². The van der Waals surface area contributed by atoms with Crippen LogP contribution in [-0.4, -0.2) is 46.7 Å². The summed E-state index contributed by atoms with van der Waals surface area (Å²) in [6, 6.07) is 6.70. The Morgan fingerprint density at radius 1 is 1.44 bits per heavy atom. The minimum Gasteiger partial charge on any atom is -0.379 e. The Bertz CT molecular complexity index is 731. The number of imidazole rings is 1. The molecular weight excluding hydrogens is 321 g/mol. The van der Waals surface area contributed by atoms with Crippen LogP contribution in [0.3, 0.4) is 0 Å². The van der Waals surface area contributed by atoms with E-state index in [2.05, 4.69) is 4.98 Å². The lowest BCUT2D eigenvalue weighted by Crippen LogP contribution is -2.48. The van der Waals surface area contributed by atoms with Crippen molar-refractivity contribution in [1.82, 2.24) is 14.5 Å².